The van der Waals surface area contributed by atoms with Gasteiger partial charge in [-0.15, -0.1) is 0 Å². The molecule has 1 aromatic carbocycles. The molecule has 0 bridgehead atoms. The van der Waals surface area contributed by atoms with Crippen LogP contribution in [0.2, 0.25) is 0 Å². The Labute approximate surface area is 138 Å². The molecule has 14 heteroatoms. The molecule has 0 spiro atoms. The van der Waals surface area contributed by atoms with Crippen LogP contribution in [0.15, 0.2) is 29.3 Å². The van der Waals surface area contributed by atoms with Gasteiger partial charge < -0.3 is 5.11 Å². The van der Waals surface area contributed by atoms with Crippen molar-refractivity contribution >= 4 is 33.1 Å². The van der Waals surface area contributed by atoms with Crippen LogP contribution in [-0.2, 0) is 17.1 Å². The van der Waals surface area contributed by atoms with Crippen molar-refractivity contribution in [3.63, 3.8) is 0 Å². The molecule has 0 aliphatic carbocycles. The summed E-state index contributed by atoms with van der Waals surface area (Å²) in [5.74, 6) is -1.52. The summed E-state index contributed by atoms with van der Waals surface area (Å²) in [7, 11) is -3.26. The van der Waals surface area contributed by atoms with E-state index < -0.39 is 53.5 Å². The van der Waals surface area contributed by atoms with Gasteiger partial charge in [-0.05, 0) is 6.07 Å². The predicted octanol–water partition coefficient (Wildman–Crippen LogP) is 0.735. The average molecular weight is 371 g/mol. The van der Waals surface area contributed by atoms with Gasteiger partial charge in [0.2, 0.25) is 0 Å². The molecule has 2 N–H and O–H groups in total. The highest BCUT2D eigenvalue weighted by atomic mass is 32.2. The van der Waals surface area contributed by atoms with Crippen LogP contribution >= 0.6 is 0 Å². The summed E-state index contributed by atoms with van der Waals surface area (Å²) >= 11 is 0. The molecule has 13 nitrogen and oxygen atoms in total. The first-order valence-corrected chi connectivity index (χ1v) is 7.74. The minimum atomic E-state index is -4.61. The first-order chi connectivity index (χ1) is 11.5. The van der Waals surface area contributed by atoms with E-state index in [4.69, 9.17) is 5.11 Å². The highest BCUT2D eigenvalue weighted by Gasteiger charge is 2.30. The fourth-order valence-electron chi connectivity index (χ4n) is 1.91. The molecule has 2 aromatic rings. The number of sulfonamides is 1. The number of nitro groups is 2. The molecule has 0 atom stereocenters. The fourth-order valence-corrected chi connectivity index (χ4v) is 3.11. The number of carbonyl (C=O) groups is 1. The molecule has 1 heterocycles. The van der Waals surface area contributed by atoms with Crippen molar-refractivity contribution in [3.8, 4) is 0 Å². The molecule has 0 radical (unpaired) electrons. The van der Waals surface area contributed by atoms with E-state index in [9.17, 15) is 33.4 Å². The second kappa shape index (κ2) is 6.16. The highest BCUT2D eigenvalue weighted by Crippen LogP contribution is 2.30. The lowest BCUT2D eigenvalue weighted by Crippen LogP contribution is -2.16. The van der Waals surface area contributed by atoms with Crippen LogP contribution in [0.25, 0.3) is 0 Å². The number of carboxylic acids is 1. The molecular weight excluding hydrogens is 362 g/mol. The van der Waals surface area contributed by atoms with E-state index in [1.807, 2.05) is 4.72 Å². The van der Waals surface area contributed by atoms with Crippen LogP contribution in [0.3, 0.4) is 0 Å². The summed E-state index contributed by atoms with van der Waals surface area (Å²) in [5, 5.41) is 34.3. The summed E-state index contributed by atoms with van der Waals surface area (Å²) in [6.45, 7) is 0. The molecule has 132 valence electrons. The minimum Gasteiger partial charge on any atom is -0.476 e. The Morgan fingerprint density at radius 3 is 2.44 bits per heavy atom. The van der Waals surface area contributed by atoms with Crippen molar-refractivity contribution in [2.45, 2.75) is 4.90 Å². The zero-order chi connectivity index (χ0) is 18.9. The third kappa shape index (κ3) is 3.52. The van der Waals surface area contributed by atoms with Crippen LogP contribution < -0.4 is 4.72 Å². The van der Waals surface area contributed by atoms with E-state index in [0.717, 1.165) is 16.9 Å². The molecule has 0 aliphatic heterocycles. The summed E-state index contributed by atoms with van der Waals surface area (Å²) in [5.41, 5.74) is -2.72. The van der Waals surface area contributed by atoms with Gasteiger partial charge in [0.1, 0.15) is 5.69 Å². The number of nitrogens with one attached hydrogen (secondary N) is 1. The molecule has 0 saturated heterocycles. The lowest BCUT2D eigenvalue weighted by Gasteiger charge is -2.07. The molecule has 0 aliphatic rings. The van der Waals surface area contributed by atoms with Crippen LogP contribution in [0, 0.1) is 20.2 Å². The number of non-ortho nitro benzene ring substituents is 1. The molecule has 0 saturated carbocycles. The SMILES string of the molecule is Cn1cc(NS(=O)(=O)c2ccc([N+](=O)[O-])cc2[N+](=O)[O-])c(C(=O)O)n1. The van der Waals surface area contributed by atoms with Crippen molar-refractivity contribution in [2.24, 2.45) is 7.05 Å². The van der Waals surface area contributed by atoms with Crippen LogP contribution in [-0.4, -0.2) is 39.1 Å². The van der Waals surface area contributed by atoms with Crippen LogP contribution in [0.4, 0.5) is 17.1 Å². The number of aryl methyl sites for hydroxylation is 1. The molecule has 0 unspecified atom stereocenters. The smallest absolute Gasteiger partial charge is 0.358 e. The first kappa shape index (κ1) is 17.8. The molecule has 0 fully saturated rings. The van der Waals surface area contributed by atoms with E-state index in [-0.39, 0.29) is 0 Å². The summed E-state index contributed by atoms with van der Waals surface area (Å²) in [6, 6.07) is 1.97. The number of aromatic carboxylic acids is 1. The Balaban J connectivity index is 2.55. The second-order valence-electron chi connectivity index (χ2n) is 4.64. The summed E-state index contributed by atoms with van der Waals surface area (Å²) in [4.78, 5) is 29.9. The monoisotopic (exact) mass is 371 g/mol. The quantitative estimate of drug-likeness (QED) is 0.545. The van der Waals surface area contributed by atoms with Gasteiger partial charge in [-0.3, -0.25) is 29.6 Å². The van der Waals surface area contributed by atoms with Crippen molar-refractivity contribution in [1.82, 2.24) is 9.78 Å². The van der Waals surface area contributed by atoms with E-state index in [0.29, 0.717) is 12.1 Å². The average Bonchev–Trinajstić information content (AvgIpc) is 2.86. The Morgan fingerprint density at radius 2 is 1.92 bits per heavy atom. The number of rotatable bonds is 6. The second-order valence-corrected chi connectivity index (χ2v) is 6.29. The van der Waals surface area contributed by atoms with E-state index in [2.05, 4.69) is 5.10 Å². The van der Waals surface area contributed by atoms with Gasteiger partial charge in [-0.1, -0.05) is 0 Å². The zero-order valence-corrected chi connectivity index (χ0v) is 13.1. The van der Waals surface area contributed by atoms with E-state index in [1.54, 1.807) is 0 Å². The van der Waals surface area contributed by atoms with Gasteiger partial charge in [0, 0.05) is 19.3 Å². The number of anilines is 1. The Hall–Kier alpha value is -3.55. The van der Waals surface area contributed by atoms with Crippen molar-refractivity contribution in [2.75, 3.05) is 4.72 Å². The third-order valence-corrected chi connectivity index (χ3v) is 4.33. The maximum Gasteiger partial charge on any atom is 0.358 e. The van der Waals surface area contributed by atoms with Crippen molar-refractivity contribution in [3.05, 3.63) is 50.3 Å². The van der Waals surface area contributed by atoms with Crippen LogP contribution in [0.5, 0.6) is 0 Å². The van der Waals surface area contributed by atoms with Crippen molar-refractivity contribution < 1.29 is 28.2 Å². The summed E-state index contributed by atoms with van der Waals surface area (Å²) in [6.07, 6.45) is 1.05. The molecular formula is C11H9N5O8S. The number of hydrogen-bond acceptors (Lipinski definition) is 8. The van der Waals surface area contributed by atoms with Crippen LogP contribution in [0.1, 0.15) is 10.5 Å². The van der Waals surface area contributed by atoms with Gasteiger partial charge in [0.25, 0.3) is 21.4 Å². The maximum atomic E-state index is 12.4. The largest absolute Gasteiger partial charge is 0.476 e. The number of benzene rings is 1. The highest BCUT2D eigenvalue weighted by molar-refractivity contribution is 7.92. The van der Waals surface area contributed by atoms with E-state index in [1.165, 1.54) is 7.05 Å². The number of nitrogens with zero attached hydrogens (tertiary/aromatic N) is 4. The minimum absolute atomic E-state index is 0.414. The molecule has 0 amide bonds. The topological polar surface area (TPSA) is 188 Å². The lowest BCUT2D eigenvalue weighted by molar-refractivity contribution is -0.396. The fraction of sp³-hybridized carbons (Fsp3) is 0.0909. The van der Waals surface area contributed by atoms with Gasteiger partial charge in [0.05, 0.1) is 15.9 Å². The Morgan fingerprint density at radius 1 is 1.28 bits per heavy atom. The Bertz CT molecular complexity index is 996. The first-order valence-electron chi connectivity index (χ1n) is 6.25. The normalized spacial score (nSPS) is 11.1. The number of aromatic nitrogens is 2. The predicted molar refractivity (Wildman–Crippen MR) is 80.7 cm³/mol. The number of hydrogen-bond donors (Lipinski definition) is 2. The van der Waals surface area contributed by atoms with Gasteiger partial charge in [-0.2, -0.15) is 5.10 Å². The van der Waals surface area contributed by atoms with Gasteiger partial charge in [0.15, 0.2) is 10.6 Å². The summed E-state index contributed by atoms with van der Waals surface area (Å²) < 4.78 is 27.7. The molecule has 25 heavy (non-hydrogen) atoms. The molecule has 1 aromatic heterocycles. The number of carboxylic acid groups (broad SMARTS) is 1. The van der Waals surface area contributed by atoms with Gasteiger partial charge >= 0.3 is 5.97 Å². The van der Waals surface area contributed by atoms with Gasteiger partial charge in [-0.25, -0.2) is 13.2 Å². The third-order valence-electron chi connectivity index (χ3n) is 2.92. The van der Waals surface area contributed by atoms with E-state index >= 15 is 0 Å². The Kier molecular flexibility index (Phi) is 4.38. The number of nitro benzene ring substituents is 2. The standard InChI is InChI=1S/C11H9N5O8S/c1-14-5-7(10(12-14)11(17)18)13-25(23,24)9-3-2-6(15(19)20)4-8(9)16(21)22/h2-5,13H,1H3,(H,17,18). The van der Waals surface area contributed by atoms with Crippen molar-refractivity contribution in [1.29, 1.82) is 0 Å². The lowest BCUT2D eigenvalue weighted by atomic mass is 10.3. The zero-order valence-electron chi connectivity index (χ0n) is 12.3. The maximum absolute atomic E-state index is 12.4. The molecule has 2 rings (SSSR count).